The number of carbonyl (C=O) groups excluding carboxylic acids is 1. The molecule has 2 heterocycles. The highest BCUT2D eigenvalue weighted by Gasteiger charge is 2.42. The van der Waals surface area contributed by atoms with Gasteiger partial charge in [-0.15, -0.1) is 16.3 Å². The molecule has 34 heavy (non-hydrogen) atoms. The Labute approximate surface area is 203 Å². The standard InChI is InChI=1S/C24H32N4O5S/c1-18(15-22-16-25-17-34-22)28(32,24(30)31)27-12-10-26(11-13-27)9-2-14-33-21-7-5-20(6-8-21)23(29)19-3-4-19/h5-8,16-19H,2-4,9-15H2,1H3,(H,30,31). The maximum absolute atomic E-state index is 13.4. The summed E-state index contributed by atoms with van der Waals surface area (Å²) in [6.07, 6.45) is 3.53. The van der Waals surface area contributed by atoms with Gasteiger partial charge in [0, 0.05) is 48.6 Å². The first-order chi connectivity index (χ1) is 16.4. The van der Waals surface area contributed by atoms with Crippen LogP contribution in [0.15, 0.2) is 36.0 Å². The SMILES string of the molecule is CC(Cc1cncs1)[N+]([O-])(C(=O)O)N1CCN(CCCOc2ccc(C(=O)C3CC3)cc2)CC1. The highest BCUT2D eigenvalue weighted by Crippen LogP contribution is 2.33. The summed E-state index contributed by atoms with van der Waals surface area (Å²) in [5, 5.41) is 24.7. The van der Waals surface area contributed by atoms with Crippen LogP contribution in [0, 0.1) is 11.1 Å². The summed E-state index contributed by atoms with van der Waals surface area (Å²) in [6.45, 7) is 5.15. The van der Waals surface area contributed by atoms with Crippen molar-refractivity contribution in [3.05, 3.63) is 51.6 Å². The van der Waals surface area contributed by atoms with Crippen LogP contribution in [-0.2, 0) is 6.42 Å². The predicted octanol–water partition coefficient (Wildman–Crippen LogP) is 3.66. The molecule has 1 saturated carbocycles. The molecule has 1 aromatic heterocycles. The highest BCUT2D eigenvalue weighted by molar-refractivity contribution is 7.09. The van der Waals surface area contributed by atoms with E-state index in [4.69, 9.17) is 4.74 Å². The molecule has 2 unspecified atom stereocenters. The van der Waals surface area contributed by atoms with E-state index in [1.54, 1.807) is 18.6 Å². The van der Waals surface area contributed by atoms with Gasteiger partial charge in [0.15, 0.2) is 5.78 Å². The van der Waals surface area contributed by atoms with Gasteiger partial charge in [0.2, 0.25) is 0 Å². The van der Waals surface area contributed by atoms with Crippen LogP contribution in [-0.4, -0.2) is 82.0 Å². The molecule has 0 spiro atoms. The third-order valence-corrected chi connectivity index (χ3v) is 7.40. The molecule has 2 aromatic rings. The summed E-state index contributed by atoms with van der Waals surface area (Å²) in [7, 11) is 0. The van der Waals surface area contributed by atoms with E-state index >= 15 is 0 Å². The van der Waals surface area contributed by atoms with Crippen LogP contribution in [0.25, 0.3) is 0 Å². The minimum Gasteiger partial charge on any atom is -0.601 e. The number of quaternary nitrogens is 1. The average Bonchev–Trinajstić information content (AvgIpc) is 3.58. The van der Waals surface area contributed by atoms with E-state index < -0.39 is 16.9 Å². The van der Waals surface area contributed by atoms with Crippen molar-refractivity contribution in [1.29, 1.82) is 0 Å². The molecule has 4 rings (SSSR count). The quantitative estimate of drug-likeness (QED) is 0.221. The van der Waals surface area contributed by atoms with Crippen LogP contribution in [0.5, 0.6) is 5.75 Å². The van der Waals surface area contributed by atoms with Gasteiger partial charge in [-0.1, -0.05) is 0 Å². The minimum absolute atomic E-state index is 0.217. The summed E-state index contributed by atoms with van der Waals surface area (Å²) < 4.78 is 4.46. The number of piperazine rings is 1. The van der Waals surface area contributed by atoms with Crippen molar-refractivity contribution in [2.45, 2.75) is 38.6 Å². The Morgan fingerprint density at radius 3 is 2.53 bits per heavy atom. The van der Waals surface area contributed by atoms with Crippen molar-refractivity contribution < 1.29 is 24.2 Å². The van der Waals surface area contributed by atoms with Gasteiger partial charge in [0.05, 0.1) is 25.2 Å². The normalized spacial score (nSPS) is 19.9. The van der Waals surface area contributed by atoms with Crippen molar-refractivity contribution in [3.8, 4) is 5.75 Å². The Hall–Kier alpha value is -2.37. The van der Waals surface area contributed by atoms with E-state index in [9.17, 15) is 19.9 Å². The lowest BCUT2D eigenvalue weighted by molar-refractivity contribution is -0.950. The Kier molecular flexibility index (Phi) is 7.95. The molecule has 1 aromatic carbocycles. The maximum Gasteiger partial charge on any atom is 0.534 e. The summed E-state index contributed by atoms with van der Waals surface area (Å²) in [6, 6.07) is 6.73. The molecule has 2 fully saturated rings. The number of rotatable bonds is 11. The fourth-order valence-electron chi connectivity index (χ4n) is 4.38. The Bertz CT molecular complexity index is 958. The highest BCUT2D eigenvalue weighted by atomic mass is 32.1. The molecule has 9 nitrogen and oxygen atoms in total. The number of amides is 1. The number of ether oxygens (including phenoxy) is 1. The third-order valence-electron chi connectivity index (χ3n) is 6.59. The maximum atomic E-state index is 13.4. The van der Waals surface area contributed by atoms with Gasteiger partial charge in [-0.05, 0) is 50.5 Å². The molecule has 0 bridgehead atoms. The number of thiazole rings is 1. The number of nitrogens with zero attached hydrogens (tertiary/aromatic N) is 4. The largest absolute Gasteiger partial charge is 0.601 e. The monoisotopic (exact) mass is 488 g/mol. The van der Waals surface area contributed by atoms with Crippen molar-refractivity contribution in [2.75, 3.05) is 39.3 Å². The van der Waals surface area contributed by atoms with E-state index in [1.165, 1.54) is 16.3 Å². The van der Waals surface area contributed by atoms with Crippen molar-refractivity contribution in [2.24, 2.45) is 5.92 Å². The number of aromatic nitrogens is 1. The van der Waals surface area contributed by atoms with Crippen LogP contribution in [0.2, 0.25) is 0 Å². The van der Waals surface area contributed by atoms with Crippen LogP contribution in [0.1, 0.15) is 41.4 Å². The lowest BCUT2D eigenvalue weighted by Gasteiger charge is -2.50. The summed E-state index contributed by atoms with van der Waals surface area (Å²) in [5.74, 6) is 1.20. The van der Waals surface area contributed by atoms with Gasteiger partial charge < -0.3 is 20.0 Å². The molecular formula is C24H32N4O5S. The molecular weight excluding hydrogens is 456 g/mol. The summed E-state index contributed by atoms with van der Waals surface area (Å²) in [4.78, 5) is 31.2. The zero-order valence-corrected chi connectivity index (χ0v) is 20.3. The van der Waals surface area contributed by atoms with Gasteiger partial charge in [0.25, 0.3) is 0 Å². The molecule has 1 amide bonds. The number of benzene rings is 1. The number of carboxylic acid groups (broad SMARTS) is 1. The first-order valence-corrected chi connectivity index (χ1v) is 12.7. The molecule has 1 aliphatic heterocycles. The van der Waals surface area contributed by atoms with Gasteiger partial charge in [-0.2, -0.15) is 9.55 Å². The lowest BCUT2D eigenvalue weighted by Crippen LogP contribution is -2.68. The van der Waals surface area contributed by atoms with Crippen molar-refractivity contribution in [1.82, 2.24) is 14.9 Å². The number of carbonyl (C=O) groups is 2. The van der Waals surface area contributed by atoms with E-state index in [0.29, 0.717) is 39.2 Å². The second kappa shape index (κ2) is 10.9. The number of Topliss-reactive ketones (excluding diaryl/α,β-unsaturated/α-hetero) is 1. The van der Waals surface area contributed by atoms with Crippen LogP contribution >= 0.6 is 11.3 Å². The third kappa shape index (κ3) is 5.81. The number of hydrogen-bond donors (Lipinski definition) is 1. The zero-order valence-electron chi connectivity index (χ0n) is 19.5. The molecule has 1 N–H and O–H groups in total. The molecule has 10 heteroatoms. The number of hydrogen-bond acceptors (Lipinski definition) is 8. The molecule has 2 aliphatic rings. The average molecular weight is 489 g/mol. The fourth-order valence-corrected chi connectivity index (χ4v) is 5.10. The van der Waals surface area contributed by atoms with Gasteiger partial charge in [0.1, 0.15) is 11.8 Å². The van der Waals surface area contributed by atoms with E-state index in [-0.39, 0.29) is 11.7 Å². The van der Waals surface area contributed by atoms with Gasteiger partial charge in [-0.3, -0.25) is 9.78 Å². The Balaban J connectivity index is 1.19. The fraction of sp³-hybridized carbons (Fsp3) is 0.542. The molecule has 184 valence electrons. The van der Waals surface area contributed by atoms with Crippen LogP contribution in [0.4, 0.5) is 4.79 Å². The van der Waals surface area contributed by atoms with Crippen molar-refractivity contribution in [3.63, 3.8) is 0 Å². The van der Waals surface area contributed by atoms with Crippen LogP contribution in [0.3, 0.4) is 0 Å². The van der Waals surface area contributed by atoms with E-state index in [2.05, 4.69) is 9.88 Å². The lowest BCUT2D eigenvalue weighted by atomic mass is 10.1. The second-order valence-electron chi connectivity index (χ2n) is 9.09. The topological polar surface area (TPSA) is 106 Å². The summed E-state index contributed by atoms with van der Waals surface area (Å²) >= 11 is 1.43. The van der Waals surface area contributed by atoms with Crippen LogP contribution < -0.4 is 4.74 Å². The first-order valence-electron chi connectivity index (χ1n) is 11.8. The number of hydroxylamine groups is 2. The van der Waals surface area contributed by atoms with E-state index in [1.807, 2.05) is 24.3 Å². The molecule has 0 radical (unpaired) electrons. The first kappa shape index (κ1) is 24.7. The smallest absolute Gasteiger partial charge is 0.534 e. The molecule has 2 atom stereocenters. The Morgan fingerprint density at radius 1 is 1.24 bits per heavy atom. The number of ketones is 1. The van der Waals surface area contributed by atoms with Gasteiger partial charge in [-0.25, -0.2) is 0 Å². The zero-order chi connectivity index (χ0) is 24.1. The Morgan fingerprint density at radius 2 is 1.94 bits per heavy atom. The van der Waals surface area contributed by atoms with Crippen molar-refractivity contribution >= 4 is 23.2 Å². The van der Waals surface area contributed by atoms with E-state index in [0.717, 1.165) is 42.0 Å². The molecule has 1 saturated heterocycles. The summed E-state index contributed by atoms with van der Waals surface area (Å²) in [5.41, 5.74) is 2.44. The predicted molar refractivity (Wildman–Crippen MR) is 129 cm³/mol. The second-order valence-corrected chi connectivity index (χ2v) is 10.1. The minimum atomic E-state index is -1.37. The molecule has 1 aliphatic carbocycles. The van der Waals surface area contributed by atoms with Gasteiger partial charge >= 0.3 is 6.09 Å².